The van der Waals surface area contributed by atoms with E-state index < -0.39 is 35.2 Å². The van der Waals surface area contributed by atoms with E-state index in [9.17, 15) is 31.1 Å². The van der Waals surface area contributed by atoms with Crippen molar-refractivity contribution in [3.05, 3.63) is 29.3 Å². The summed E-state index contributed by atoms with van der Waals surface area (Å²) >= 11 is 0. The van der Waals surface area contributed by atoms with Crippen molar-refractivity contribution in [2.45, 2.75) is 19.5 Å². The Bertz CT molecular complexity index is 460. The number of hydrogen-bond donors (Lipinski definition) is 0. The third kappa shape index (κ3) is 3.64. The number of carbonyl (C=O) groups is 1. The summed E-state index contributed by atoms with van der Waals surface area (Å²) in [6.45, 7) is 0.846. The summed E-state index contributed by atoms with van der Waals surface area (Å²) in [5, 5.41) is 0. The average molecular weight is 272 g/mol. The Labute approximate surface area is 97.2 Å². The minimum absolute atomic E-state index is 0.323. The molecular formula is C10H6F6O2. The van der Waals surface area contributed by atoms with Gasteiger partial charge in [0.2, 0.25) is 0 Å². The number of ketones is 1. The van der Waals surface area contributed by atoms with Crippen molar-refractivity contribution in [1.82, 2.24) is 0 Å². The first-order valence-electron chi connectivity index (χ1n) is 4.48. The van der Waals surface area contributed by atoms with E-state index in [4.69, 9.17) is 0 Å². The van der Waals surface area contributed by atoms with Crippen LogP contribution in [0.25, 0.3) is 0 Å². The van der Waals surface area contributed by atoms with Crippen molar-refractivity contribution >= 4 is 5.78 Å². The van der Waals surface area contributed by atoms with Gasteiger partial charge in [-0.1, -0.05) is 0 Å². The second-order valence-corrected chi connectivity index (χ2v) is 3.31. The summed E-state index contributed by atoms with van der Waals surface area (Å²) in [5.41, 5.74) is -2.00. The van der Waals surface area contributed by atoms with Crippen molar-refractivity contribution in [3.8, 4) is 5.75 Å². The molecule has 1 aromatic carbocycles. The van der Waals surface area contributed by atoms with Gasteiger partial charge in [-0.25, -0.2) is 0 Å². The van der Waals surface area contributed by atoms with Gasteiger partial charge in [0.1, 0.15) is 5.75 Å². The zero-order valence-electron chi connectivity index (χ0n) is 8.82. The number of Topliss-reactive ketones (excluding diaryl/α,β-unsaturated/α-hetero) is 1. The van der Waals surface area contributed by atoms with Gasteiger partial charge in [-0.3, -0.25) is 4.79 Å². The molecule has 0 heterocycles. The second kappa shape index (κ2) is 4.51. The molecule has 0 unspecified atom stereocenters. The number of rotatable bonds is 2. The molecule has 0 spiro atoms. The lowest BCUT2D eigenvalue weighted by Crippen LogP contribution is -2.19. The molecule has 0 aliphatic heterocycles. The first-order chi connectivity index (χ1) is 8.00. The number of carbonyl (C=O) groups excluding carboxylic acids is 1. The maximum atomic E-state index is 12.3. The summed E-state index contributed by atoms with van der Waals surface area (Å²) in [4.78, 5) is 11.0. The molecule has 0 atom stereocenters. The van der Waals surface area contributed by atoms with E-state index >= 15 is 0 Å². The topological polar surface area (TPSA) is 26.3 Å². The summed E-state index contributed by atoms with van der Waals surface area (Å²) in [6.07, 6.45) is -9.83. The van der Waals surface area contributed by atoms with Crippen LogP contribution >= 0.6 is 0 Å². The molecule has 8 heteroatoms. The quantitative estimate of drug-likeness (QED) is 0.604. The highest BCUT2D eigenvalue weighted by Gasteiger charge is 2.35. The van der Waals surface area contributed by atoms with Crippen molar-refractivity contribution < 1.29 is 35.9 Å². The minimum atomic E-state index is -5.08. The lowest BCUT2D eigenvalue weighted by atomic mass is 10.1. The molecule has 0 saturated carbocycles. The number of benzene rings is 1. The number of ether oxygens (including phenoxy) is 1. The van der Waals surface area contributed by atoms with Gasteiger partial charge < -0.3 is 4.74 Å². The maximum absolute atomic E-state index is 12.3. The molecule has 1 aromatic rings. The predicted molar refractivity (Wildman–Crippen MR) is 48.1 cm³/mol. The van der Waals surface area contributed by atoms with Crippen LogP contribution in [0.2, 0.25) is 0 Å². The molecule has 100 valence electrons. The summed E-state index contributed by atoms with van der Waals surface area (Å²) in [6, 6.07) is 1.20. The molecule has 0 aliphatic carbocycles. The van der Waals surface area contributed by atoms with Gasteiger partial charge in [-0.2, -0.15) is 13.2 Å². The van der Waals surface area contributed by atoms with Crippen molar-refractivity contribution in [3.63, 3.8) is 0 Å². The third-order valence-corrected chi connectivity index (χ3v) is 1.91. The van der Waals surface area contributed by atoms with E-state index in [0.717, 1.165) is 6.92 Å². The van der Waals surface area contributed by atoms with Crippen LogP contribution in [0.15, 0.2) is 18.2 Å². The van der Waals surface area contributed by atoms with E-state index in [1.807, 2.05) is 0 Å². The zero-order valence-corrected chi connectivity index (χ0v) is 8.82. The van der Waals surface area contributed by atoms with Crippen LogP contribution < -0.4 is 4.74 Å². The minimum Gasteiger partial charge on any atom is -0.405 e. The molecule has 0 N–H and O–H groups in total. The fourth-order valence-corrected chi connectivity index (χ4v) is 1.20. The van der Waals surface area contributed by atoms with Gasteiger partial charge in [-0.15, -0.1) is 13.2 Å². The van der Waals surface area contributed by atoms with Gasteiger partial charge in [0.05, 0.1) is 11.1 Å². The van der Waals surface area contributed by atoms with E-state index in [0.29, 0.717) is 18.2 Å². The highest BCUT2D eigenvalue weighted by molar-refractivity contribution is 5.97. The second-order valence-electron chi connectivity index (χ2n) is 3.31. The van der Waals surface area contributed by atoms with Gasteiger partial charge in [0, 0.05) is 0 Å². The molecule has 0 aromatic heterocycles. The summed E-state index contributed by atoms with van der Waals surface area (Å²) < 4.78 is 76.3. The molecule has 0 bridgehead atoms. The van der Waals surface area contributed by atoms with Gasteiger partial charge in [0.25, 0.3) is 0 Å². The number of hydrogen-bond acceptors (Lipinski definition) is 2. The zero-order chi connectivity index (χ0) is 14.1. The Morgan fingerprint density at radius 3 is 2.06 bits per heavy atom. The SMILES string of the molecule is CC(=O)c1cc(C(F)(F)F)ccc1OC(F)(F)F. The molecule has 0 amide bonds. The smallest absolute Gasteiger partial charge is 0.405 e. The highest BCUT2D eigenvalue weighted by atomic mass is 19.4. The first-order valence-corrected chi connectivity index (χ1v) is 4.48. The lowest BCUT2D eigenvalue weighted by molar-refractivity contribution is -0.274. The highest BCUT2D eigenvalue weighted by Crippen LogP contribution is 2.34. The van der Waals surface area contributed by atoms with Gasteiger partial charge in [0.15, 0.2) is 5.78 Å². The molecule has 0 radical (unpaired) electrons. The lowest BCUT2D eigenvalue weighted by Gasteiger charge is -2.14. The maximum Gasteiger partial charge on any atom is 0.573 e. The Hall–Kier alpha value is -1.73. The van der Waals surface area contributed by atoms with Gasteiger partial charge in [-0.05, 0) is 25.1 Å². The van der Waals surface area contributed by atoms with Crippen LogP contribution in [-0.2, 0) is 6.18 Å². The summed E-state index contributed by atoms with van der Waals surface area (Å²) in [7, 11) is 0. The third-order valence-electron chi connectivity index (χ3n) is 1.91. The van der Waals surface area contributed by atoms with Crippen LogP contribution in [-0.4, -0.2) is 12.1 Å². The molecule has 0 saturated heterocycles. The monoisotopic (exact) mass is 272 g/mol. The molecule has 2 nitrogen and oxygen atoms in total. The van der Waals surface area contributed by atoms with Crippen molar-refractivity contribution in [1.29, 1.82) is 0 Å². The Balaban J connectivity index is 3.26. The van der Waals surface area contributed by atoms with E-state index in [-0.39, 0.29) is 0 Å². The first kappa shape index (κ1) is 14.3. The largest absolute Gasteiger partial charge is 0.573 e. The normalized spacial score (nSPS) is 12.4. The van der Waals surface area contributed by atoms with Crippen LogP contribution in [0, 0.1) is 0 Å². The van der Waals surface area contributed by atoms with E-state index in [1.54, 1.807) is 0 Å². The summed E-state index contributed by atoms with van der Waals surface area (Å²) in [5.74, 6) is -1.91. The Morgan fingerprint density at radius 2 is 1.67 bits per heavy atom. The van der Waals surface area contributed by atoms with Crippen LogP contribution in [0.3, 0.4) is 0 Å². The number of halogens is 6. The standard InChI is InChI=1S/C10H6F6O2/c1-5(17)7-4-6(9(11,12)13)2-3-8(7)18-10(14,15)16/h2-4H,1H3. The molecular weight excluding hydrogens is 266 g/mol. The van der Waals surface area contributed by atoms with E-state index in [2.05, 4.69) is 4.74 Å². The van der Waals surface area contributed by atoms with Crippen LogP contribution in [0.4, 0.5) is 26.3 Å². The fourth-order valence-electron chi connectivity index (χ4n) is 1.20. The predicted octanol–water partition coefficient (Wildman–Crippen LogP) is 3.81. The molecule has 0 aliphatic rings. The van der Waals surface area contributed by atoms with Gasteiger partial charge >= 0.3 is 12.5 Å². The average Bonchev–Trinajstić information content (AvgIpc) is 2.13. The Morgan fingerprint density at radius 1 is 1.11 bits per heavy atom. The molecule has 1 rings (SSSR count). The molecule has 0 fully saturated rings. The van der Waals surface area contributed by atoms with Crippen LogP contribution in [0.1, 0.15) is 22.8 Å². The van der Waals surface area contributed by atoms with E-state index in [1.165, 1.54) is 0 Å². The molecule has 18 heavy (non-hydrogen) atoms. The van der Waals surface area contributed by atoms with Crippen LogP contribution in [0.5, 0.6) is 5.75 Å². The van der Waals surface area contributed by atoms with Crippen molar-refractivity contribution in [2.75, 3.05) is 0 Å². The number of alkyl halides is 6. The van der Waals surface area contributed by atoms with Crippen molar-refractivity contribution in [2.24, 2.45) is 0 Å². The fraction of sp³-hybridized carbons (Fsp3) is 0.300. The Kier molecular flexibility index (Phi) is 3.59.